The lowest BCUT2D eigenvalue weighted by Gasteiger charge is -2.12. The van der Waals surface area contributed by atoms with Gasteiger partial charge in [-0.15, -0.1) is 0 Å². The monoisotopic (exact) mass is 360 g/mol. The first-order chi connectivity index (χ1) is 12.3. The highest BCUT2D eigenvalue weighted by atomic mass is 19.4. The van der Waals surface area contributed by atoms with Crippen LogP contribution in [0.4, 0.5) is 13.2 Å². The van der Waals surface area contributed by atoms with Gasteiger partial charge in [0.15, 0.2) is 0 Å². The molecular formula is C19H15F3N2O2. The Morgan fingerprint density at radius 3 is 2.50 bits per heavy atom. The van der Waals surface area contributed by atoms with Crippen LogP contribution in [0.25, 0.3) is 21.8 Å². The molecule has 0 saturated heterocycles. The molecule has 0 fully saturated rings. The van der Waals surface area contributed by atoms with Crippen molar-refractivity contribution in [3.8, 4) is 11.5 Å². The summed E-state index contributed by atoms with van der Waals surface area (Å²) in [5.41, 5.74) is 0.588. The zero-order valence-corrected chi connectivity index (χ0v) is 13.7. The molecule has 4 rings (SSSR count). The lowest BCUT2D eigenvalue weighted by Crippen LogP contribution is -2.08. The molecule has 0 amide bonds. The molecule has 0 unspecified atom stereocenters. The van der Waals surface area contributed by atoms with Crippen LogP contribution in [0.3, 0.4) is 0 Å². The summed E-state index contributed by atoms with van der Waals surface area (Å²) >= 11 is 0. The number of aromatic hydroxyl groups is 2. The van der Waals surface area contributed by atoms with Gasteiger partial charge in [0.1, 0.15) is 11.5 Å². The van der Waals surface area contributed by atoms with Gasteiger partial charge in [-0.25, -0.2) is 0 Å². The van der Waals surface area contributed by atoms with Gasteiger partial charge in [0, 0.05) is 36.0 Å². The van der Waals surface area contributed by atoms with Crippen molar-refractivity contribution in [2.75, 3.05) is 0 Å². The van der Waals surface area contributed by atoms with Gasteiger partial charge in [0.2, 0.25) is 0 Å². The van der Waals surface area contributed by atoms with E-state index in [2.05, 4.69) is 4.98 Å². The van der Waals surface area contributed by atoms with Crippen LogP contribution >= 0.6 is 0 Å². The van der Waals surface area contributed by atoms with Crippen molar-refractivity contribution in [2.45, 2.75) is 12.6 Å². The average Bonchev–Trinajstić information content (AvgIpc) is 3.04. The van der Waals surface area contributed by atoms with Crippen molar-refractivity contribution >= 4 is 21.8 Å². The Kier molecular flexibility index (Phi) is 3.44. The van der Waals surface area contributed by atoms with Gasteiger partial charge >= 0.3 is 6.18 Å². The molecule has 4 nitrogen and oxygen atoms in total. The average molecular weight is 360 g/mol. The second-order valence-corrected chi connectivity index (χ2v) is 6.34. The normalized spacial score (nSPS) is 12.3. The van der Waals surface area contributed by atoms with Crippen LogP contribution in [-0.4, -0.2) is 19.8 Å². The zero-order chi connectivity index (χ0) is 18.6. The van der Waals surface area contributed by atoms with Gasteiger partial charge in [-0.2, -0.15) is 13.2 Å². The molecular weight excluding hydrogens is 345 g/mol. The number of para-hydroxylation sites is 1. The Bertz CT molecular complexity index is 1140. The molecule has 2 heterocycles. The molecule has 3 N–H and O–H groups in total. The lowest BCUT2D eigenvalue weighted by molar-refractivity contribution is -0.136. The smallest absolute Gasteiger partial charge is 0.418 e. The second-order valence-electron chi connectivity index (χ2n) is 6.34. The van der Waals surface area contributed by atoms with Crippen LogP contribution < -0.4 is 0 Å². The number of halogens is 3. The summed E-state index contributed by atoms with van der Waals surface area (Å²) in [5, 5.41) is 21.1. The Morgan fingerprint density at radius 2 is 1.81 bits per heavy atom. The number of hydrogen-bond donors (Lipinski definition) is 3. The van der Waals surface area contributed by atoms with Crippen LogP contribution in [0.2, 0.25) is 0 Å². The summed E-state index contributed by atoms with van der Waals surface area (Å²) in [5.74, 6) is -0.192. The molecule has 0 atom stereocenters. The zero-order valence-electron chi connectivity index (χ0n) is 13.7. The first-order valence-electron chi connectivity index (χ1n) is 7.92. The van der Waals surface area contributed by atoms with Gasteiger partial charge in [-0.1, -0.05) is 12.1 Å². The summed E-state index contributed by atoms with van der Waals surface area (Å²) in [6, 6.07) is 9.68. The van der Waals surface area contributed by atoms with Crippen molar-refractivity contribution in [3.63, 3.8) is 0 Å². The van der Waals surface area contributed by atoms with Gasteiger partial charge in [-0.05, 0) is 29.8 Å². The van der Waals surface area contributed by atoms with Gasteiger partial charge in [0.05, 0.1) is 16.8 Å². The number of fused-ring (bicyclic) bond motifs is 2. The van der Waals surface area contributed by atoms with Crippen LogP contribution in [-0.2, 0) is 19.6 Å². The summed E-state index contributed by atoms with van der Waals surface area (Å²) in [7, 11) is 1.46. The lowest BCUT2D eigenvalue weighted by atomic mass is 10.0. The Morgan fingerprint density at radius 1 is 1.08 bits per heavy atom. The van der Waals surface area contributed by atoms with E-state index in [-0.39, 0.29) is 28.8 Å². The Balaban J connectivity index is 1.89. The fourth-order valence-electron chi connectivity index (χ4n) is 3.42. The third-order valence-electron chi connectivity index (χ3n) is 4.55. The first-order valence-corrected chi connectivity index (χ1v) is 7.92. The molecule has 0 bridgehead atoms. The van der Waals surface area contributed by atoms with E-state index in [4.69, 9.17) is 0 Å². The quantitative estimate of drug-likeness (QED) is 0.486. The fraction of sp³-hybridized carbons (Fsp3) is 0.158. The number of benzene rings is 2. The van der Waals surface area contributed by atoms with Crippen molar-refractivity contribution in [2.24, 2.45) is 7.05 Å². The molecule has 0 spiro atoms. The molecule has 4 aromatic rings. The summed E-state index contributed by atoms with van der Waals surface area (Å²) in [6.45, 7) is 0. The Hall–Kier alpha value is -3.09. The number of hydrogen-bond acceptors (Lipinski definition) is 2. The highest BCUT2D eigenvalue weighted by Crippen LogP contribution is 2.40. The maximum atomic E-state index is 13.5. The molecule has 0 aliphatic rings. The van der Waals surface area contributed by atoms with Crippen LogP contribution in [0.15, 0.2) is 42.6 Å². The van der Waals surface area contributed by atoms with E-state index in [1.54, 1.807) is 24.3 Å². The van der Waals surface area contributed by atoms with Gasteiger partial charge < -0.3 is 19.8 Å². The van der Waals surface area contributed by atoms with Crippen LogP contribution in [0.1, 0.15) is 16.8 Å². The maximum absolute atomic E-state index is 13.5. The highest BCUT2D eigenvalue weighted by Gasteiger charge is 2.35. The fourth-order valence-corrected chi connectivity index (χ4v) is 3.42. The second kappa shape index (κ2) is 5.45. The predicted octanol–water partition coefficient (Wildman–Crippen LogP) is 4.68. The minimum atomic E-state index is -4.56. The van der Waals surface area contributed by atoms with E-state index in [9.17, 15) is 23.4 Å². The summed E-state index contributed by atoms with van der Waals surface area (Å²) in [6.07, 6.45) is -3.23. The first kappa shape index (κ1) is 16.4. The third-order valence-corrected chi connectivity index (χ3v) is 4.55. The largest absolute Gasteiger partial charge is 0.506 e. The predicted molar refractivity (Wildman–Crippen MR) is 92.4 cm³/mol. The molecule has 2 aromatic heterocycles. The Labute approximate surface area is 146 Å². The van der Waals surface area contributed by atoms with Crippen molar-refractivity contribution in [1.82, 2.24) is 9.55 Å². The van der Waals surface area contributed by atoms with E-state index in [0.717, 1.165) is 6.07 Å². The minimum absolute atomic E-state index is 0.0199. The van der Waals surface area contributed by atoms with E-state index in [0.29, 0.717) is 22.2 Å². The SMILES string of the molecule is Cn1cc(O)c2cc(Cc3[nH]c4ccccc4c3O)cc(C(F)(F)F)c21. The summed E-state index contributed by atoms with van der Waals surface area (Å²) in [4.78, 5) is 3.04. The van der Waals surface area contributed by atoms with Gasteiger partial charge in [-0.3, -0.25) is 0 Å². The molecule has 0 radical (unpaired) electrons. The number of alkyl halides is 3. The molecule has 0 saturated carbocycles. The van der Waals surface area contributed by atoms with E-state index in [1.807, 2.05) is 0 Å². The van der Waals surface area contributed by atoms with Gasteiger partial charge in [0.25, 0.3) is 0 Å². The molecule has 0 aliphatic carbocycles. The number of rotatable bonds is 2. The van der Waals surface area contributed by atoms with Crippen molar-refractivity contribution in [1.29, 1.82) is 0 Å². The minimum Gasteiger partial charge on any atom is -0.506 e. The van der Waals surface area contributed by atoms with Crippen LogP contribution in [0, 0.1) is 0 Å². The van der Waals surface area contributed by atoms with Crippen molar-refractivity contribution in [3.05, 3.63) is 59.4 Å². The topological polar surface area (TPSA) is 61.2 Å². The molecule has 7 heteroatoms. The number of aromatic amines is 1. The number of nitrogens with one attached hydrogen (secondary N) is 1. The van der Waals surface area contributed by atoms with E-state index in [1.165, 1.54) is 23.9 Å². The van der Waals surface area contributed by atoms with Crippen LogP contribution in [0.5, 0.6) is 11.5 Å². The maximum Gasteiger partial charge on any atom is 0.418 e. The highest BCUT2D eigenvalue weighted by molar-refractivity contribution is 5.91. The van der Waals surface area contributed by atoms with E-state index >= 15 is 0 Å². The third kappa shape index (κ3) is 2.47. The van der Waals surface area contributed by atoms with Crippen molar-refractivity contribution < 1.29 is 23.4 Å². The molecule has 26 heavy (non-hydrogen) atoms. The number of aromatic nitrogens is 2. The van der Waals surface area contributed by atoms with E-state index < -0.39 is 11.7 Å². The molecule has 0 aliphatic heterocycles. The summed E-state index contributed by atoms with van der Waals surface area (Å²) < 4.78 is 41.8. The molecule has 134 valence electrons. The standard InChI is InChI=1S/C19H15F3N2O2/c1-24-9-16(25)12-6-10(7-13(17(12)24)19(20,21)22)8-15-18(26)11-4-2-3-5-14(11)23-15/h2-7,9,23,25-26H,8H2,1H3. The number of aryl methyl sites for hydroxylation is 1. The molecule has 2 aromatic carbocycles. The number of H-pyrrole nitrogens is 1. The number of nitrogens with zero attached hydrogens (tertiary/aromatic N) is 1.